The number of fused-ring (bicyclic) bond motifs is 4. The highest BCUT2D eigenvalue weighted by molar-refractivity contribution is 7.00. The van der Waals surface area contributed by atoms with Crippen molar-refractivity contribution < 1.29 is 11.0 Å². The van der Waals surface area contributed by atoms with Crippen LogP contribution in [-0.4, -0.2) is 6.71 Å². The lowest BCUT2D eigenvalue weighted by atomic mass is 9.33. The van der Waals surface area contributed by atoms with Gasteiger partial charge in [0.1, 0.15) is 0 Å². The predicted octanol–water partition coefficient (Wildman–Crippen LogP) is 22.9. The van der Waals surface area contributed by atoms with Crippen LogP contribution in [0.4, 0.5) is 34.1 Å². The van der Waals surface area contributed by atoms with Gasteiger partial charge in [0.25, 0.3) is 6.71 Å². The molecule has 452 valence electrons. The van der Waals surface area contributed by atoms with Crippen LogP contribution in [0.25, 0.3) is 77.9 Å². The van der Waals surface area contributed by atoms with Crippen LogP contribution < -0.4 is 26.2 Å². The molecule has 2 nitrogen and oxygen atoms in total. The SMILES string of the molecule is [2H]c1c([2H])c([2H])c(-c2cc3c4c(c2)N(c2c(-c5ccccc5)cc(C(C)(C)C)cc2-c2ccccc2)c2ccc(-c5ccc(C(C)(C)C)cc5C(C)(C)C)cc2B4c2cc(-c4ccccc4C([2H])([2H])[2H])ccc2N3c2c(-c3ccccc3)cc(C(C)(C)C)cc2-c2ccccc2)c([2H])c1[2H]. The van der Waals surface area contributed by atoms with E-state index < -0.39 is 31.7 Å². The molecule has 2 aliphatic heterocycles. The number of nitrogens with zero attached hydrogens (tertiary/aromatic N) is 2. The first kappa shape index (κ1) is 51.0. The van der Waals surface area contributed by atoms with Gasteiger partial charge >= 0.3 is 0 Å². The number of hydrogen-bond donors (Lipinski definition) is 0. The second-order valence-electron chi connectivity index (χ2n) is 29.2. The van der Waals surface area contributed by atoms with Gasteiger partial charge in [-0.3, -0.25) is 0 Å². The maximum absolute atomic E-state index is 9.95. The van der Waals surface area contributed by atoms with Crippen molar-refractivity contribution >= 4 is 57.2 Å². The molecule has 14 rings (SSSR count). The maximum atomic E-state index is 9.95. The fraction of sp³-hybridized carbons (Fsp3) is 0.191. The summed E-state index contributed by atoms with van der Waals surface area (Å²) in [5.74, 6) is 0. The van der Waals surface area contributed by atoms with E-state index in [0.717, 1.165) is 123 Å². The topological polar surface area (TPSA) is 6.48 Å². The quantitative estimate of drug-likeness (QED) is 0.133. The molecule has 2 heterocycles. The molecule has 0 amide bonds. The van der Waals surface area contributed by atoms with Crippen LogP contribution in [0.2, 0.25) is 0 Å². The van der Waals surface area contributed by atoms with Gasteiger partial charge in [0.05, 0.1) is 18.2 Å². The average molecular weight is 1200 g/mol. The lowest BCUT2D eigenvalue weighted by Crippen LogP contribution is -2.61. The molecule has 0 aliphatic carbocycles. The molecule has 0 bridgehead atoms. The molecule has 0 atom stereocenters. The minimum Gasteiger partial charge on any atom is -0.310 e. The Hall–Kier alpha value is -9.70. The number of aryl methyl sites for hydroxylation is 1. The molecule has 0 saturated carbocycles. The highest BCUT2D eigenvalue weighted by Crippen LogP contribution is 2.55. The van der Waals surface area contributed by atoms with Gasteiger partial charge in [-0.15, -0.1) is 0 Å². The zero-order valence-corrected chi connectivity index (χ0v) is 55.0. The largest absolute Gasteiger partial charge is 0.310 e. The molecule has 0 fully saturated rings. The van der Waals surface area contributed by atoms with E-state index in [1.54, 1.807) is 12.1 Å². The van der Waals surface area contributed by atoms with Crippen LogP contribution in [0.1, 0.15) is 122 Å². The van der Waals surface area contributed by atoms with Gasteiger partial charge in [-0.25, -0.2) is 0 Å². The van der Waals surface area contributed by atoms with Crippen molar-refractivity contribution in [1.29, 1.82) is 0 Å². The molecule has 3 heteroatoms. The predicted molar refractivity (Wildman–Crippen MR) is 398 cm³/mol. The van der Waals surface area contributed by atoms with Gasteiger partial charge in [0.15, 0.2) is 0 Å². The number of anilines is 6. The molecule has 0 spiro atoms. The Morgan fingerprint density at radius 1 is 0.304 bits per heavy atom. The number of benzene rings is 12. The van der Waals surface area contributed by atoms with Gasteiger partial charge < -0.3 is 9.80 Å². The first-order chi connectivity index (χ1) is 47.4. The standard InChI is InChI=1S/C89H83BN2/c1-58-31-29-30-42-70(58)64-43-47-79-77(49-64)90-78-50-65(71-46-45-67(86(2,3)4)57-76(71)89(11,12)13)44-48-80(78)92(85-74(62-38-25-17-26-39-62)55-69(88(8,9)10)56-75(85)63-40-27-18-28-41-63)82-52-66(59-32-19-14-20-33-59)51-81(83(82)90)91(79)84-72(60-34-21-15-22-35-60)53-68(87(5,6)7)54-73(84)61-36-23-16-24-37-61/h14-57H,1-13H3/i1D3,14D,19D,20D,32D,33D. The van der Waals surface area contributed by atoms with E-state index in [4.69, 9.17) is 5.48 Å². The van der Waals surface area contributed by atoms with Crippen molar-refractivity contribution in [2.45, 2.75) is 112 Å². The maximum Gasteiger partial charge on any atom is 0.252 e. The minimum atomic E-state index is -2.45. The summed E-state index contributed by atoms with van der Waals surface area (Å²) in [7, 11) is 0. The van der Waals surface area contributed by atoms with Crippen molar-refractivity contribution in [3.63, 3.8) is 0 Å². The Morgan fingerprint density at radius 3 is 1.11 bits per heavy atom. The van der Waals surface area contributed by atoms with Gasteiger partial charge in [0, 0.05) is 49.1 Å². The first-order valence-corrected chi connectivity index (χ1v) is 32.4. The highest BCUT2D eigenvalue weighted by Gasteiger charge is 2.46. The summed E-state index contributed by atoms with van der Waals surface area (Å²) in [6.07, 6.45) is 0. The summed E-state index contributed by atoms with van der Waals surface area (Å²) >= 11 is 0. The number of rotatable bonds is 9. The molecular weight excluding hydrogens is 1110 g/mol. The molecule has 12 aromatic carbocycles. The van der Waals surface area contributed by atoms with E-state index in [-0.39, 0.29) is 44.9 Å². The molecule has 0 N–H and O–H groups in total. The molecule has 12 aromatic rings. The van der Waals surface area contributed by atoms with E-state index >= 15 is 0 Å². The summed E-state index contributed by atoms with van der Waals surface area (Å²) in [5.41, 5.74) is 23.5. The Labute approximate surface area is 559 Å². The average Bonchev–Trinajstić information content (AvgIpc) is 0.685. The fourth-order valence-corrected chi connectivity index (χ4v) is 13.9. The molecule has 92 heavy (non-hydrogen) atoms. The van der Waals surface area contributed by atoms with Crippen LogP contribution in [0.15, 0.2) is 267 Å². The van der Waals surface area contributed by atoms with Crippen LogP contribution in [0.3, 0.4) is 0 Å². The van der Waals surface area contributed by atoms with Gasteiger partial charge in [-0.05, 0) is 177 Å². The zero-order chi connectivity index (χ0) is 70.9. The van der Waals surface area contributed by atoms with Gasteiger partial charge in [0.2, 0.25) is 0 Å². The summed E-state index contributed by atoms with van der Waals surface area (Å²) in [4.78, 5) is 4.81. The fourth-order valence-electron chi connectivity index (χ4n) is 13.9. The lowest BCUT2D eigenvalue weighted by Gasteiger charge is -2.46. The van der Waals surface area contributed by atoms with E-state index in [9.17, 15) is 5.48 Å². The van der Waals surface area contributed by atoms with Crippen LogP contribution in [0.5, 0.6) is 0 Å². The molecule has 2 aliphatic rings. The second kappa shape index (κ2) is 22.9. The van der Waals surface area contributed by atoms with Crippen molar-refractivity contribution in [1.82, 2.24) is 0 Å². The molecule has 0 aromatic heterocycles. The van der Waals surface area contributed by atoms with E-state index in [1.807, 2.05) is 24.3 Å². The monoisotopic (exact) mass is 1200 g/mol. The second-order valence-corrected chi connectivity index (χ2v) is 29.2. The van der Waals surface area contributed by atoms with Crippen LogP contribution in [-0.2, 0) is 21.7 Å². The van der Waals surface area contributed by atoms with Crippen molar-refractivity contribution in [3.8, 4) is 77.9 Å². The molecule has 0 radical (unpaired) electrons. The summed E-state index contributed by atoms with van der Waals surface area (Å²) in [6.45, 7) is 24.1. The van der Waals surface area contributed by atoms with E-state index in [0.29, 0.717) is 11.1 Å². The zero-order valence-electron chi connectivity index (χ0n) is 63.0. The Morgan fingerprint density at radius 2 is 0.707 bits per heavy atom. The van der Waals surface area contributed by atoms with E-state index in [2.05, 4.69) is 293 Å². The van der Waals surface area contributed by atoms with Crippen LogP contribution in [0, 0.1) is 6.85 Å². The summed E-state index contributed by atoms with van der Waals surface area (Å²) < 4.78 is 74.7. The van der Waals surface area contributed by atoms with Crippen LogP contribution >= 0.6 is 0 Å². The van der Waals surface area contributed by atoms with Crippen molar-refractivity contribution in [3.05, 3.63) is 295 Å². The Bertz CT molecular complexity index is 5040. The molecule has 0 saturated heterocycles. The minimum absolute atomic E-state index is 0.0720. The van der Waals surface area contributed by atoms with E-state index in [1.165, 1.54) is 11.1 Å². The van der Waals surface area contributed by atoms with Gasteiger partial charge in [-0.2, -0.15) is 0 Å². The highest BCUT2D eigenvalue weighted by atomic mass is 15.2. The number of hydrogen-bond acceptors (Lipinski definition) is 2. The summed E-state index contributed by atoms with van der Waals surface area (Å²) in [5, 5.41) is 0. The lowest BCUT2D eigenvalue weighted by molar-refractivity contribution is 0.570. The van der Waals surface area contributed by atoms with Gasteiger partial charge in [-0.1, -0.05) is 301 Å². The third-order valence-electron chi connectivity index (χ3n) is 18.8. The Kier molecular flexibility index (Phi) is 12.7. The van der Waals surface area contributed by atoms with Crippen molar-refractivity contribution in [2.75, 3.05) is 9.80 Å². The third kappa shape index (κ3) is 10.8. The smallest absolute Gasteiger partial charge is 0.252 e. The molecular formula is C89H83BN2. The molecule has 0 unspecified atom stereocenters. The van der Waals surface area contributed by atoms with Crippen molar-refractivity contribution in [2.24, 2.45) is 0 Å². The first-order valence-electron chi connectivity index (χ1n) is 36.4. The summed E-state index contributed by atoms with van der Waals surface area (Å²) in [6, 6.07) is 81.5. The Balaban J connectivity index is 1.25. The third-order valence-corrected chi connectivity index (χ3v) is 18.8. The normalized spacial score (nSPS) is 14.4.